The molecule has 132 valence electrons. The Labute approximate surface area is 150 Å². The number of benzene rings is 2. The number of hydrogen-bond acceptors (Lipinski definition) is 3. The second-order valence-electron chi connectivity index (χ2n) is 6.73. The smallest absolute Gasteiger partial charge is 0.259 e. The van der Waals surface area contributed by atoms with E-state index in [0.29, 0.717) is 0 Å². The standard InChI is InChI=1S/C21H27N3O/c1-13-7-15(3)19(16(4)8-13)11-23-24-20(25)12-22-21-17(5)9-14(2)10-18(21)6/h7-11,22H,12H2,1-6H3,(H,24,25)/b23-11-. The molecule has 0 aromatic heterocycles. The van der Waals surface area contributed by atoms with Crippen LogP contribution in [0.5, 0.6) is 0 Å². The molecule has 0 aliphatic heterocycles. The Kier molecular flexibility index (Phi) is 5.97. The lowest BCUT2D eigenvalue weighted by molar-refractivity contribution is -0.119. The van der Waals surface area contributed by atoms with E-state index in [4.69, 9.17) is 0 Å². The summed E-state index contributed by atoms with van der Waals surface area (Å²) in [5.41, 5.74) is 11.7. The Hall–Kier alpha value is -2.62. The van der Waals surface area contributed by atoms with Gasteiger partial charge in [0, 0.05) is 11.3 Å². The number of hydrazone groups is 1. The van der Waals surface area contributed by atoms with E-state index in [-0.39, 0.29) is 12.5 Å². The number of amides is 1. The lowest BCUT2D eigenvalue weighted by Gasteiger charge is -2.13. The van der Waals surface area contributed by atoms with E-state index < -0.39 is 0 Å². The van der Waals surface area contributed by atoms with Gasteiger partial charge in [0.25, 0.3) is 5.91 Å². The molecule has 1 amide bonds. The molecule has 0 heterocycles. The summed E-state index contributed by atoms with van der Waals surface area (Å²) in [7, 11) is 0. The van der Waals surface area contributed by atoms with Gasteiger partial charge in [-0.2, -0.15) is 5.10 Å². The molecule has 0 fully saturated rings. The zero-order chi connectivity index (χ0) is 18.6. The Morgan fingerprint density at radius 2 is 1.36 bits per heavy atom. The Morgan fingerprint density at radius 1 is 0.880 bits per heavy atom. The first kappa shape index (κ1) is 18.7. The molecule has 0 atom stereocenters. The summed E-state index contributed by atoms with van der Waals surface area (Å²) in [5, 5.41) is 7.30. The molecule has 4 heteroatoms. The average Bonchev–Trinajstić information content (AvgIpc) is 2.48. The second kappa shape index (κ2) is 7.97. The molecule has 0 aliphatic rings. The summed E-state index contributed by atoms with van der Waals surface area (Å²) in [6.45, 7) is 12.5. The fourth-order valence-electron chi connectivity index (χ4n) is 3.23. The van der Waals surface area contributed by atoms with Crippen molar-refractivity contribution in [2.45, 2.75) is 41.5 Å². The summed E-state index contributed by atoms with van der Waals surface area (Å²) < 4.78 is 0. The van der Waals surface area contributed by atoms with E-state index in [0.717, 1.165) is 33.5 Å². The predicted molar refractivity (Wildman–Crippen MR) is 106 cm³/mol. The maximum absolute atomic E-state index is 12.0. The van der Waals surface area contributed by atoms with Crippen molar-refractivity contribution < 1.29 is 4.79 Å². The molecule has 2 aromatic carbocycles. The molecule has 0 aliphatic carbocycles. The zero-order valence-corrected chi connectivity index (χ0v) is 15.9. The second-order valence-corrected chi connectivity index (χ2v) is 6.73. The van der Waals surface area contributed by atoms with Crippen molar-refractivity contribution in [3.8, 4) is 0 Å². The van der Waals surface area contributed by atoms with Crippen LogP contribution in [-0.4, -0.2) is 18.7 Å². The van der Waals surface area contributed by atoms with E-state index in [1.807, 2.05) is 27.7 Å². The molecule has 0 unspecified atom stereocenters. The molecule has 0 spiro atoms. The maximum Gasteiger partial charge on any atom is 0.259 e. The minimum Gasteiger partial charge on any atom is -0.376 e. The molecule has 2 rings (SSSR count). The molecule has 0 radical (unpaired) electrons. The molecule has 4 nitrogen and oxygen atoms in total. The molecule has 2 aromatic rings. The lowest BCUT2D eigenvalue weighted by atomic mass is 10.0. The van der Waals surface area contributed by atoms with Gasteiger partial charge in [-0.15, -0.1) is 0 Å². The van der Waals surface area contributed by atoms with Gasteiger partial charge in [-0.25, -0.2) is 5.43 Å². The number of rotatable bonds is 5. The molecule has 0 saturated heterocycles. The Balaban J connectivity index is 1.96. The summed E-state index contributed by atoms with van der Waals surface area (Å²) in [6, 6.07) is 8.43. The lowest BCUT2D eigenvalue weighted by Crippen LogP contribution is -2.26. The van der Waals surface area contributed by atoms with Gasteiger partial charge in [-0.3, -0.25) is 4.79 Å². The molecular formula is C21H27N3O. The van der Waals surface area contributed by atoms with Gasteiger partial charge in [-0.05, 0) is 63.8 Å². The van der Waals surface area contributed by atoms with Crippen LogP contribution in [0.2, 0.25) is 0 Å². The van der Waals surface area contributed by atoms with Crippen LogP contribution in [0.15, 0.2) is 29.4 Å². The van der Waals surface area contributed by atoms with Crippen LogP contribution in [0.3, 0.4) is 0 Å². The van der Waals surface area contributed by atoms with Gasteiger partial charge in [0.1, 0.15) is 0 Å². The Bertz CT molecular complexity index is 776. The monoisotopic (exact) mass is 337 g/mol. The van der Waals surface area contributed by atoms with Crippen molar-refractivity contribution in [2.75, 3.05) is 11.9 Å². The number of aryl methyl sites for hydroxylation is 6. The van der Waals surface area contributed by atoms with Crippen molar-refractivity contribution in [2.24, 2.45) is 5.10 Å². The van der Waals surface area contributed by atoms with Gasteiger partial charge < -0.3 is 5.32 Å². The topological polar surface area (TPSA) is 53.5 Å². The highest BCUT2D eigenvalue weighted by molar-refractivity contribution is 5.86. The van der Waals surface area contributed by atoms with Crippen molar-refractivity contribution >= 4 is 17.8 Å². The number of nitrogens with zero attached hydrogens (tertiary/aromatic N) is 1. The molecule has 0 saturated carbocycles. The van der Waals surface area contributed by atoms with E-state index in [9.17, 15) is 4.79 Å². The van der Waals surface area contributed by atoms with Gasteiger partial charge in [0.15, 0.2) is 0 Å². The first-order valence-corrected chi connectivity index (χ1v) is 8.49. The average molecular weight is 337 g/mol. The molecular weight excluding hydrogens is 310 g/mol. The fraction of sp³-hybridized carbons (Fsp3) is 0.333. The highest BCUT2D eigenvalue weighted by Crippen LogP contribution is 2.21. The van der Waals surface area contributed by atoms with Crippen molar-refractivity contribution in [1.82, 2.24) is 5.43 Å². The highest BCUT2D eigenvalue weighted by atomic mass is 16.2. The third kappa shape index (κ3) is 4.92. The van der Waals surface area contributed by atoms with Crippen LogP contribution >= 0.6 is 0 Å². The van der Waals surface area contributed by atoms with E-state index in [2.05, 4.69) is 54.0 Å². The van der Waals surface area contributed by atoms with Gasteiger partial charge >= 0.3 is 0 Å². The number of carbonyl (C=O) groups is 1. The number of anilines is 1. The SMILES string of the molecule is Cc1cc(C)c(/C=N\NC(=O)CNc2c(C)cc(C)cc2C)c(C)c1. The molecule has 2 N–H and O–H groups in total. The molecule has 25 heavy (non-hydrogen) atoms. The number of carbonyl (C=O) groups excluding carboxylic acids is 1. The number of hydrogen-bond donors (Lipinski definition) is 2. The van der Waals surface area contributed by atoms with Crippen LogP contribution < -0.4 is 10.7 Å². The first-order chi connectivity index (χ1) is 11.8. The van der Waals surface area contributed by atoms with Crippen LogP contribution in [0.25, 0.3) is 0 Å². The fourth-order valence-corrected chi connectivity index (χ4v) is 3.23. The van der Waals surface area contributed by atoms with Gasteiger partial charge in [0.05, 0.1) is 12.8 Å². The van der Waals surface area contributed by atoms with Crippen molar-refractivity contribution in [1.29, 1.82) is 0 Å². The summed E-state index contributed by atoms with van der Waals surface area (Å²) in [4.78, 5) is 12.0. The third-order valence-electron chi connectivity index (χ3n) is 4.22. The summed E-state index contributed by atoms with van der Waals surface area (Å²) >= 11 is 0. The van der Waals surface area contributed by atoms with Crippen LogP contribution in [-0.2, 0) is 4.79 Å². The Morgan fingerprint density at radius 3 is 1.88 bits per heavy atom. The minimum atomic E-state index is -0.168. The summed E-state index contributed by atoms with van der Waals surface area (Å²) in [5.74, 6) is -0.168. The van der Waals surface area contributed by atoms with E-state index >= 15 is 0 Å². The van der Waals surface area contributed by atoms with Crippen LogP contribution in [0.4, 0.5) is 5.69 Å². The number of nitrogens with one attached hydrogen (secondary N) is 2. The van der Waals surface area contributed by atoms with Crippen LogP contribution in [0, 0.1) is 41.5 Å². The molecule has 0 bridgehead atoms. The van der Waals surface area contributed by atoms with E-state index in [1.165, 1.54) is 11.1 Å². The quantitative estimate of drug-likeness (QED) is 0.637. The highest BCUT2D eigenvalue weighted by Gasteiger charge is 2.06. The van der Waals surface area contributed by atoms with Crippen LogP contribution in [0.1, 0.15) is 38.9 Å². The first-order valence-electron chi connectivity index (χ1n) is 8.49. The van der Waals surface area contributed by atoms with Crippen molar-refractivity contribution in [3.63, 3.8) is 0 Å². The third-order valence-corrected chi connectivity index (χ3v) is 4.22. The largest absolute Gasteiger partial charge is 0.376 e. The minimum absolute atomic E-state index is 0.168. The van der Waals surface area contributed by atoms with E-state index in [1.54, 1.807) is 6.21 Å². The van der Waals surface area contributed by atoms with Gasteiger partial charge in [-0.1, -0.05) is 35.4 Å². The predicted octanol–water partition coefficient (Wildman–Crippen LogP) is 4.10. The normalized spacial score (nSPS) is 11.0. The zero-order valence-electron chi connectivity index (χ0n) is 15.9. The van der Waals surface area contributed by atoms with Gasteiger partial charge in [0.2, 0.25) is 0 Å². The maximum atomic E-state index is 12.0. The van der Waals surface area contributed by atoms with Crippen molar-refractivity contribution in [3.05, 3.63) is 63.2 Å². The summed E-state index contributed by atoms with van der Waals surface area (Å²) in [6.07, 6.45) is 1.71.